The Balaban J connectivity index is 1.97. The summed E-state index contributed by atoms with van der Waals surface area (Å²) in [6, 6.07) is 6.20. The Labute approximate surface area is 114 Å². The molecule has 0 radical (unpaired) electrons. The Hall–Kier alpha value is -1.07. The third-order valence-corrected chi connectivity index (χ3v) is 5.71. The van der Waals surface area contributed by atoms with Crippen LogP contribution >= 0.6 is 0 Å². The first-order chi connectivity index (χ1) is 9.00. The van der Waals surface area contributed by atoms with Crippen molar-refractivity contribution in [3.8, 4) is 5.75 Å². The number of fused-ring (bicyclic) bond motifs is 2. The molecule has 3 rings (SSSR count). The Kier molecular flexibility index (Phi) is 3.06. The average Bonchev–Trinajstić information content (AvgIpc) is 2.77. The molecule has 0 saturated carbocycles. The molecule has 19 heavy (non-hydrogen) atoms. The number of rotatable bonds is 2. The van der Waals surface area contributed by atoms with Crippen LogP contribution in [-0.4, -0.2) is 38.7 Å². The van der Waals surface area contributed by atoms with Crippen LogP contribution in [0.15, 0.2) is 18.2 Å². The molecule has 4 nitrogen and oxygen atoms in total. The molecule has 0 bridgehead atoms. The Bertz CT molecular complexity index is 597. The lowest BCUT2D eigenvalue weighted by Crippen LogP contribution is -2.41. The summed E-state index contributed by atoms with van der Waals surface area (Å²) < 4.78 is 30.8. The highest BCUT2D eigenvalue weighted by Gasteiger charge is 2.42. The second-order valence-electron chi connectivity index (χ2n) is 5.50. The van der Waals surface area contributed by atoms with Gasteiger partial charge >= 0.3 is 0 Å². The average molecular weight is 281 g/mol. The van der Waals surface area contributed by atoms with E-state index in [4.69, 9.17) is 4.74 Å². The minimum Gasteiger partial charge on any atom is -0.496 e. The van der Waals surface area contributed by atoms with E-state index in [9.17, 15) is 8.42 Å². The lowest BCUT2D eigenvalue weighted by atomic mass is 9.80. The number of nitrogens with zero attached hydrogens (tertiary/aromatic N) is 1. The minimum absolute atomic E-state index is 0.134. The van der Waals surface area contributed by atoms with Gasteiger partial charge in [-0.2, -0.15) is 4.31 Å². The van der Waals surface area contributed by atoms with E-state index in [1.807, 2.05) is 12.1 Å². The van der Waals surface area contributed by atoms with E-state index >= 15 is 0 Å². The summed E-state index contributed by atoms with van der Waals surface area (Å²) >= 11 is 0. The van der Waals surface area contributed by atoms with Crippen LogP contribution in [0.1, 0.15) is 17.5 Å². The molecule has 1 saturated heterocycles. The molecule has 0 unspecified atom stereocenters. The summed E-state index contributed by atoms with van der Waals surface area (Å²) in [4.78, 5) is 0. The predicted molar refractivity (Wildman–Crippen MR) is 73.8 cm³/mol. The number of hydrogen-bond donors (Lipinski definition) is 0. The van der Waals surface area contributed by atoms with Crippen LogP contribution in [0, 0.1) is 5.92 Å². The monoisotopic (exact) mass is 281 g/mol. The molecule has 1 aromatic carbocycles. The second kappa shape index (κ2) is 4.49. The van der Waals surface area contributed by atoms with Crippen molar-refractivity contribution in [1.82, 2.24) is 4.31 Å². The first-order valence-corrected chi connectivity index (χ1v) is 8.47. The highest BCUT2D eigenvalue weighted by atomic mass is 32.2. The third-order valence-electron chi connectivity index (χ3n) is 4.41. The van der Waals surface area contributed by atoms with Crippen molar-refractivity contribution in [3.63, 3.8) is 0 Å². The SMILES string of the molecule is COc1cccc2c1C[C@@H]1CCN(S(C)(=O)=O)[C@H]1C2. The van der Waals surface area contributed by atoms with Gasteiger partial charge in [-0.05, 0) is 42.4 Å². The molecule has 0 amide bonds. The molecule has 0 spiro atoms. The molecule has 0 N–H and O–H groups in total. The van der Waals surface area contributed by atoms with Gasteiger partial charge in [0.2, 0.25) is 10.0 Å². The van der Waals surface area contributed by atoms with E-state index in [0.29, 0.717) is 12.5 Å². The number of ether oxygens (including phenoxy) is 1. The van der Waals surface area contributed by atoms with Gasteiger partial charge in [0.25, 0.3) is 0 Å². The molecule has 1 aromatic rings. The van der Waals surface area contributed by atoms with E-state index in [1.54, 1.807) is 11.4 Å². The quantitative estimate of drug-likeness (QED) is 0.824. The lowest BCUT2D eigenvalue weighted by molar-refractivity contribution is 0.314. The van der Waals surface area contributed by atoms with Gasteiger partial charge in [-0.15, -0.1) is 0 Å². The van der Waals surface area contributed by atoms with Crippen LogP contribution in [0.4, 0.5) is 0 Å². The molecule has 2 aliphatic rings. The predicted octanol–water partition coefficient (Wildman–Crippen LogP) is 1.44. The topological polar surface area (TPSA) is 46.6 Å². The molecular weight excluding hydrogens is 262 g/mol. The van der Waals surface area contributed by atoms with Gasteiger partial charge < -0.3 is 4.74 Å². The van der Waals surface area contributed by atoms with Crippen LogP contribution in [-0.2, 0) is 22.9 Å². The summed E-state index contributed by atoms with van der Waals surface area (Å²) in [5, 5.41) is 0. The Morgan fingerprint density at radius 1 is 1.32 bits per heavy atom. The standard InChI is InChI=1S/C14H19NO3S/c1-18-14-5-3-4-10-9-13-11(8-12(10)14)6-7-15(13)19(2,16)17/h3-5,11,13H,6-9H2,1-2H3/t11-,13-/m0/s1. The molecule has 1 aliphatic carbocycles. The fraction of sp³-hybridized carbons (Fsp3) is 0.571. The van der Waals surface area contributed by atoms with Crippen molar-refractivity contribution in [1.29, 1.82) is 0 Å². The maximum atomic E-state index is 11.8. The zero-order valence-corrected chi connectivity index (χ0v) is 12.1. The smallest absolute Gasteiger partial charge is 0.211 e. The van der Waals surface area contributed by atoms with Crippen molar-refractivity contribution in [2.24, 2.45) is 5.92 Å². The van der Waals surface area contributed by atoms with Crippen molar-refractivity contribution < 1.29 is 13.2 Å². The van der Waals surface area contributed by atoms with Crippen LogP contribution in [0.2, 0.25) is 0 Å². The van der Waals surface area contributed by atoms with E-state index in [2.05, 4.69) is 6.07 Å². The second-order valence-corrected chi connectivity index (χ2v) is 7.43. The number of benzene rings is 1. The number of methoxy groups -OCH3 is 1. The van der Waals surface area contributed by atoms with Crippen LogP contribution in [0.5, 0.6) is 5.75 Å². The van der Waals surface area contributed by atoms with Crippen molar-refractivity contribution in [2.75, 3.05) is 19.9 Å². The maximum absolute atomic E-state index is 11.8. The first kappa shape index (κ1) is 12.9. The van der Waals surface area contributed by atoms with E-state index in [0.717, 1.165) is 25.0 Å². The van der Waals surface area contributed by atoms with E-state index in [-0.39, 0.29) is 6.04 Å². The van der Waals surface area contributed by atoms with Gasteiger partial charge in [-0.3, -0.25) is 0 Å². The molecule has 5 heteroatoms. The van der Waals surface area contributed by atoms with Gasteiger partial charge in [0.1, 0.15) is 5.75 Å². The Morgan fingerprint density at radius 3 is 2.79 bits per heavy atom. The highest BCUT2D eigenvalue weighted by Crippen LogP contribution is 2.39. The summed E-state index contributed by atoms with van der Waals surface area (Å²) in [5.74, 6) is 1.37. The minimum atomic E-state index is -3.09. The normalized spacial score (nSPS) is 26.8. The van der Waals surface area contributed by atoms with E-state index < -0.39 is 10.0 Å². The van der Waals surface area contributed by atoms with Crippen LogP contribution < -0.4 is 4.74 Å². The number of hydrogen-bond acceptors (Lipinski definition) is 3. The molecule has 1 aliphatic heterocycles. The maximum Gasteiger partial charge on any atom is 0.211 e. The molecule has 0 aromatic heterocycles. The van der Waals surface area contributed by atoms with E-state index in [1.165, 1.54) is 17.4 Å². The zero-order valence-electron chi connectivity index (χ0n) is 11.3. The molecule has 104 valence electrons. The van der Waals surface area contributed by atoms with Crippen molar-refractivity contribution >= 4 is 10.0 Å². The molecule has 2 atom stereocenters. The summed E-state index contributed by atoms with van der Waals surface area (Å²) in [6.45, 7) is 0.657. The van der Waals surface area contributed by atoms with Gasteiger partial charge in [0.15, 0.2) is 0 Å². The van der Waals surface area contributed by atoms with Gasteiger partial charge in [-0.25, -0.2) is 8.42 Å². The lowest BCUT2D eigenvalue weighted by Gasteiger charge is -2.32. The van der Waals surface area contributed by atoms with Crippen molar-refractivity contribution in [3.05, 3.63) is 29.3 Å². The van der Waals surface area contributed by atoms with Gasteiger partial charge in [-0.1, -0.05) is 12.1 Å². The van der Waals surface area contributed by atoms with Crippen LogP contribution in [0.25, 0.3) is 0 Å². The fourth-order valence-corrected chi connectivity index (χ4v) is 4.69. The van der Waals surface area contributed by atoms with Gasteiger partial charge in [0, 0.05) is 12.6 Å². The zero-order chi connectivity index (χ0) is 13.6. The summed E-state index contributed by atoms with van der Waals surface area (Å²) in [7, 11) is -1.40. The van der Waals surface area contributed by atoms with Gasteiger partial charge in [0.05, 0.1) is 13.4 Å². The summed E-state index contributed by atoms with van der Waals surface area (Å²) in [6.07, 6.45) is 4.01. The fourth-order valence-electron chi connectivity index (χ4n) is 3.52. The molecular formula is C14H19NO3S. The van der Waals surface area contributed by atoms with Crippen molar-refractivity contribution in [2.45, 2.75) is 25.3 Å². The third kappa shape index (κ3) is 2.15. The number of sulfonamides is 1. The molecule has 1 heterocycles. The molecule has 1 fully saturated rings. The first-order valence-electron chi connectivity index (χ1n) is 6.62. The van der Waals surface area contributed by atoms with Crippen LogP contribution in [0.3, 0.4) is 0 Å². The highest BCUT2D eigenvalue weighted by molar-refractivity contribution is 7.88. The largest absolute Gasteiger partial charge is 0.496 e. The Morgan fingerprint density at radius 2 is 2.11 bits per heavy atom. The summed E-state index contributed by atoms with van der Waals surface area (Å²) in [5.41, 5.74) is 2.50.